The number of rotatable bonds is 6. The monoisotopic (exact) mass is 487 g/mol. The molecule has 14 heteroatoms. The SMILES string of the molecule is CCS(=O)(=O)N1CCc2c(Oc3ccc(F)cc3F)cc(OS(=O)(=O)C(F)(F)F)cc21. The lowest BCUT2D eigenvalue weighted by atomic mass is 10.1. The van der Waals surface area contributed by atoms with Crippen molar-refractivity contribution in [3.63, 3.8) is 0 Å². The standard InChI is InChI=1S/C17H14F5NO6S2/c1-2-30(24,25)23-6-5-12-14(23)8-11(29-31(26,27)17(20,21)22)9-16(12)28-15-4-3-10(18)7-13(15)19/h3-4,7-9H,2,5-6H2,1H3. The summed E-state index contributed by atoms with van der Waals surface area (Å²) in [7, 11) is -9.95. The molecule has 1 heterocycles. The average molecular weight is 487 g/mol. The van der Waals surface area contributed by atoms with Gasteiger partial charge in [-0.3, -0.25) is 4.31 Å². The second kappa shape index (κ2) is 7.82. The fraction of sp³-hybridized carbons (Fsp3) is 0.294. The molecule has 0 atom stereocenters. The number of sulfonamides is 1. The lowest BCUT2D eigenvalue weighted by Crippen LogP contribution is -2.30. The molecule has 7 nitrogen and oxygen atoms in total. The molecular formula is C17H14F5NO6S2. The molecule has 2 aromatic rings. The number of hydrogen-bond acceptors (Lipinski definition) is 6. The average Bonchev–Trinajstić information content (AvgIpc) is 3.07. The number of nitrogens with zero attached hydrogens (tertiary/aromatic N) is 1. The molecule has 0 saturated carbocycles. The van der Waals surface area contributed by atoms with Crippen LogP contribution < -0.4 is 13.2 Å². The van der Waals surface area contributed by atoms with E-state index in [0.29, 0.717) is 6.07 Å². The van der Waals surface area contributed by atoms with Crippen LogP contribution >= 0.6 is 0 Å². The molecule has 0 spiro atoms. The van der Waals surface area contributed by atoms with E-state index in [4.69, 9.17) is 4.74 Å². The largest absolute Gasteiger partial charge is 0.534 e. The molecule has 0 aromatic heterocycles. The van der Waals surface area contributed by atoms with Crippen molar-refractivity contribution in [2.24, 2.45) is 0 Å². The van der Waals surface area contributed by atoms with Crippen LogP contribution in [-0.2, 0) is 26.6 Å². The van der Waals surface area contributed by atoms with Gasteiger partial charge in [-0.25, -0.2) is 17.2 Å². The Morgan fingerprint density at radius 1 is 1.03 bits per heavy atom. The second-order valence-electron chi connectivity index (χ2n) is 6.30. The van der Waals surface area contributed by atoms with Crippen LogP contribution in [0.4, 0.5) is 27.6 Å². The van der Waals surface area contributed by atoms with Crippen LogP contribution in [-0.4, -0.2) is 34.6 Å². The van der Waals surface area contributed by atoms with Crippen LogP contribution in [0.25, 0.3) is 0 Å². The molecule has 0 bridgehead atoms. The summed E-state index contributed by atoms with van der Waals surface area (Å²) in [5.41, 5.74) is -5.75. The van der Waals surface area contributed by atoms with Gasteiger partial charge >= 0.3 is 15.6 Å². The summed E-state index contributed by atoms with van der Waals surface area (Å²) in [6.07, 6.45) is 0.0407. The van der Waals surface area contributed by atoms with Crippen LogP contribution in [0.2, 0.25) is 0 Å². The molecule has 0 radical (unpaired) electrons. The number of ether oxygens (including phenoxy) is 1. The predicted octanol–water partition coefficient (Wildman–Crippen LogP) is 3.70. The molecule has 0 amide bonds. The summed E-state index contributed by atoms with van der Waals surface area (Å²) in [5, 5.41) is 0. The summed E-state index contributed by atoms with van der Waals surface area (Å²) in [5.74, 6) is -4.16. The Bertz CT molecular complexity index is 1230. The summed E-state index contributed by atoms with van der Waals surface area (Å²) < 4.78 is 123. The Morgan fingerprint density at radius 3 is 2.29 bits per heavy atom. The van der Waals surface area contributed by atoms with E-state index in [2.05, 4.69) is 4.18 Å². The van der Waals surface area contributed by atoms with Gasteiger partial charge in [-0.15, -0.1) is 0 Å². The summed E-state index contributed by atoms with van der Waals surface area (Å²) in [6.45, 7) is 1.23. The van der Waals surface area contributed by atoms with Gasteiger partial charge in [0.25, 0.3) is 0 Å². The second-order valence-corrected chi connectivity index (χ2v) is 10.0. The van der Waals surface area contributed by atoms with E-state index in [9.17, 15) is 38.8 Å². The van der Waals surface area contributed by atoms with Crippen molar-refractivity contribution in [2.45, 2.75) is 18.9 Å². The summed E-state index contributed by atoms with van der Waals surface area (Å²) in [4.78, 5) is 0. The van der Waals surface area contributed by atoms with Gasteiger partial charge in [0.1, 0.15) is 17.3 Å². The zero-order valence-electron chi connectivity index (χ0n) is 15.6. The van der Waals surface area contributed by atoms with Crippen LogP contribution in [0, 0.1) is 11.6 Å². The smallest absolute Gasteiger partial charge is 0.454 e. The van der Waals surface area contributed by atoms with E-state index in [0.717, 1.165) is 28.6 Å². The number of hydrogen-bond donors (Lipinski definition) is 0. The van der Waals surface area contributed by atoms with Gasteiger partial charge in [-0.1, -0.05) is 0 Å². The van der Waals surface area contributed by atoms with E-state index >= 15 is 0 Å². The van der Waals surface area contributed by atoms with Crippen molar-refractivity contribution in [3.8, 4) is 17.2 Å². The minimum Gasteiger partial charge on any atom is -0.454 e. The van der Waals surface area contributed by atoms with Gasteiger partial charge < -0.3 is 8.92 Å². The third kappa shape index (κ3) is 4.54. The van der Waals surface area contributed by atoms with E-state index in [1.165, 1.54) is 6.92 Å². The highest BCUT2D eigenvalue weighted by Gasteiger charge is 2.49. The van der Waals surface area contributed by atoms with Crippen molar-refractivity contribution in [3.05, 3.63) is 47.5 Å². The molecule has 0 aliphatic carbocycles. The van der Waals surface area contributed by atoms with Gasteiger partial charge in [0, 0.05) is 30.3 Å². The number of anilines is 1. The first-order chi connectivity index (χ1) is 14.2. The predicted molar refractivity (Wildman–Crippen MR) is 99.0 cm³/mol. The highest BCUT2D eigenvalue weighted by atomic mass is 32.2. The van der Waals surface area contributed by atoms with Gasteiger partial charge in [0.15, 0.2) is 11.6 Å². The van der Waals surface area contributed by atoms with Crippen molar-refractivity contribution >= 4 is 25.8 Å². The topological polar surface area (TPSA) is 90.0 Å². The van der Waals surface area contributed by atoms with Crippen LogP contribution in [0.5, 0.6) is 17.2 Å². The molecule has 31 heavy (non-hydrogen) atoms. The maximum Gasteiger partial charge on any atom is 0.534 e. The van der Waals surface area contributed by atoms with Crippen LogP contribution in [0.15, 0.2) is 30.3 Å². The van der Waals surface area contributed by atoms with Crippen molar-refractivity contribution < 1.29 is 47.7 Å². The number of benzene rings is 2. The number of alkyl halides is 3. The number of fused-ring (bicyclic) bond motifs is 1. The normalized spacial score (nSPS) is 14.5. The highest BCUT2D eigenvalue weighted by molar-refractivity contribution is 7.92. The van der Waals surface area contributed by atoms with Crippen LogP contribution in [0.1, 0.15) is 12.5 Å². The fourth-order valence-electron chi connectivity index (χ4n) is 2.85. The fourth-order valence-corrected chi connectivity index (χ4v) is 4.44. The third-order valence-electron chi connectivity index (χ3n) is 4.30. The molecule has 3 rings (SSSR count). The highest BCUT2D eigenvalue weighted by Crippen LogP contribution is 2.43. The van der Waals surface area contributed by atoms with E-state index in [1.54, 1.807) is 0 Å². The molecule has 0 saturated heterocycles. The zero-order chi connectivity index (χ0) is 23.2. The van der Waals surface area contributed by atoms with E-state index in [1.807, 2.05) is 0 Å². The molecule has 2 aromatic carbocycles. The molecule has 0 N–H and O–H groups in total. The first kappa shape index (κ1) is 23.1. The van der Waals surface area contributed by atoms with E-state index < -0.39 is 48.8 Å². The van der Waals surface area contributed by atoms with Crippen molar-refractivity contribution in [1.82, 2.24) is 0 Å². The van der Waals surface area contributed by atoms with Gasteiger partial charge in [0.05, 0.1) is 11.4 Å². The maximum absolute atomic E-state index is 14.0. The Morgan fingerprint density at radius 2 is 1.71 bits per heavy atom. The van der Waals surface area contributed by atoms with Crippen molar-refractivity contribution in [2.75, 3.05) is 16.6 Å². The first-order valence-electron chi connectivity index (χ1n) is 8.56. The van der Waals surface area contributed by atoms with Gasteiger partial charge in [-0.05, 0) is 25.5 Å². The first-order valence-corrected chi connectivity index (χ1v) is 11.6. The van der Waals surface area contributed by atoms with Gasteiger partial charge in [0.2, 0.25) is 10.0 Å². The lowest BCUT2D eigenvalue weighted by molar-refractivity contribution is -0.0500. The van der Waals surface area contributed by atoms with Crippen molar-refractivity contribution in [1.29, 1.82) is 0 Å². The number of halogens is 5. The summed E-state index contributed by atoms with van der Waals surface area (Å²) >= 11 is 0. The molecule has 0 unspecified atom stereocenters. The lowest BCUT2D eigenvalue weighted by Gasteiger charge is -2.20. The Kier molecular flexibility index (Phi) is 5.82. The molecule has 0 fully saturated rings. The summed E-state index contributed by atoms with van der Waals surface area (Å²) in [6, 6.07) is 3.84. The molecule has 1 aliphatic heterocycles. The molecule has 170 valence electrons. The van der Waals surface area contributed by atoms with E-state index in [-0.39, 0.29) is 35.7 Å². The maximum atomic E-state index is 14.0. The Hall–Kier alpha value is -2.61. The van der Waals surface area contributed by atoms with Gasteiger partial charge in [-0.2, -0.15) is 21.6 Å². The van der Waals surface area contributed by atoms with Crippen LogP contribution in [0.3, 0.4) is 0 Å². The quantitative estimate of drug-likeness (QED) is 0.351. The zero-order valence-corrected chi connectivity index (χ0v) is 17.2. The molecule has 1 aliphatic rings. The Labute approximate surface area is 174 Å². The minimum absolute atomic E-state index is 0.0407. The third-order valence-corrected chi connectivity index (χ3v) is 7.06. The molecular weight excluding hydrogens is 473 g/mol. The Balaban J connectivity index is 2.14. The minimum atomic E-state index is -6.08.